The van der Waals surface area contributed by atoms with E-state index in [1.54, 1.807) is 6.92 Å². The van der Waals surface area contributed by atoms with Gasteiger partial charge in [-0.15, -0.1) is 0 Å². The molecule has 1 atom stereocenters. The van der Waals surface area contributed by atoms with Gasteiger partial charge < -0.3 is 15.7 Å². The maximum Gasteiger partial charge on any atom is 0.414 e. The number of ether oxygens (including phenoxy) is 1. The Bertz CT molecular complexity index is 1270. The Morgan fingerprint density at radius 2 is 1.61 bits per heavy atom. The average molecular weight is 486 g/mol. The summed E-state index contributed by atoms with van der Waals surface area (Å²) in [6.45, 7) is 2.00. The molecule has 4 rings (SSSR count). The molecule has 0 saturated heterocycles. The molecule has 0 radical (unpaired) electrons. The van der Waals surface area contributed by atoms with Crippen LogP contribution in [0.3, 0.4) is 0 Å². The second-order valence-corrected chi connectivity index (χ2v) is 8.60. The van der Waals surface area contributed by atoms with Crippen LogP contribution in [0.2, 0.25) is 0 Å². The lowest BCUT2D eigenvalue weighted by Crippen LogP contribution is -2.30. The summed E-state index contributed by atoms with van der Waals surface area (Å²) < 4.78 is 5.37. The Balaban J connectivity index is 1.37. The molecule has 1 unspecified atom stereocenters. The van der Waals surface area contributed by atoms with Crippen LogP contribution in [0.1, 0.15) is 42.6 Å². The van der Waals surface area contributed by atoms with Gasteiger partial charge in [0, 0.05) is 0 Å². The Hall–Kier alpha value is -4.53. The quantitative estimate of drug-likeness (QED) is 0.140. The van der Waals surface area contributed by atoms with E-state index in [4.69, 9.17) is 10.6 Å². The second-order valence-electron chi connectivity index (χ2n) is 8.60. The third-order valence-corrected chi connectivity index (χ3v) is 6.21. The number of benzene rings is 3. The SMILES string of the molecule is CC(OC(=O)NC(=NCc1ccc(-c2ccc(C3(C(=O)O)CC3)cc2)cc1)/N=N\N)c1ccccc1. The molecule has 1 amide bonds. The van der Waals surface area contributed by atoms with Gasteiger partial charge in [-0.25, -0.2) is 9.79 Å². The summed E-state index contributed by atoms with van der Waals surface area (Å²) in [5, 5.41) is 18.8. The molecular weight excluding hydrogens is 458 g/mol. The molecule has 184 valence electrons. The molecule has 1 saturated carbocycles. The molecule has 1 aliphatic rings. The van der Waals surface area contributed by atoms with Crippen molar-refractivity contribution in [3.8, 4) is 11.1 Å². The standard InChI is InChI=1S/C27H27N5O4/c1-18(20-5-3-2-4-6-20)36-26(35)30-25(31-32-28)29-17-19-7-9-21(10-8-19)22-11-13-23(14-12-22)27(15-16-27)24(33)34/h2-14,18H,15-17H2,1H3,(H,33,34)(H3,28,29,30,31,35). The van der Waals surface area contributed by atoms with Gasteiger partial charge in [0.2, 0.25) is 5.96 Å². The number of rotatable bonds is 7. The number of amides is 1. The van der Waals surface area contributed by atoms with Crippen molar-refractivity contribution < 1.29 is 19.4 Å². The summed E-state index contributed by atoms with van der Waals surface area (Å²) in [7, 11) is 0. The van der Waals surface area contributed by atoms with E-state index in [1.807, 2.05) is 78.9 Å². The van der Waals surface area contributed by atoms with Crippen LogP contribution in [-0.4, -0.2) is 23.1 Å². The largest absolute Gasteiger partial charge is 0.481 e. The minimum atomic E-state index is -0.762. The fraction of sp³-hybridized carbons (Fsp3) is 0.222. The number of hydrogen-bond donors (Lipinski definition) is 3. The van der Waals surface area contributed by atoms with E-state index in [0.717, 1.165) is 27.8 Å². The Morgan fingerprint density at radius 1 is 1.00 bits per heavy atom. The lowest BCUT2D eigenvalue weighted by molar-refractivity contribution is -0.140. The van der Waals surface area contributed by atoms with Crippen LogP contribution < -0.4 is 11.2 Å². The number of nitrogens with two attached hydrogens (primary N) is 1. The van der Waals surface area contributed by atoms with Crippen molar-refractivity contribution in [2.24, 2.45) is 21.2 Å². The fourth-order valence-corrected chi connectivity index (χ4v) is 3.93. The van der Waals surface area contributed by atoms with Crippen LogP contribution in [-0.2, 0) is 21.5 Å². The molecule has 0 heterocycles. The molecule has 1 fully saturated rings. The van der Waals surface area contributed by atoms with Gasteiger partial charge in [-0.1, -0.05) is 89.2 Å². The number of carbonyl (C=O) groups is 2. The number of alkyl carbamates (subject to hydrolysis) is 1. The molecule has 0 aliphatic heterocycles. The topological polar surface area (TPSA) is 139 Å². The van der Waals surface area contributed by atoms with Gasteiger partial charge in [-0.3, -0.25) is 10.1 Å². The average Bonchev–Trinajstić information content (AvgIpc) is 3.71. The van der Waals surface area contributed by atoms with Gasteiger partial charge in [-0.05, 0) is 47.6 Å². The van der Waals surface area contributed by atoms with E-state index in [-0.39, 0.29) is 12.5 Å². The summed E-state index contributed by atoms with van der Waals surface area (Å²) in [4.78, 5) is 28.1. The molecule has 3 aromatic rings. The lowest BCUT2D eigenvalue weighted by atomic mass is 9.94. The van der Waals surface area contributed by atoms with Crippen molar-refractivity contribution >= 4 is 18.0 Å². The van der Waals surface area contributed by atoms with Gasteiger partial charge >= 0.3 is 12.1 Å². The molecule has 1 aliphatic carbocycles. The molecule has 36 heavy (non-hydrogen) atoms. The number of nitrogens with one attached hydrogen (secondary N) is 1. The summed E-state index contributed by atoms with van der Waals surface area (Å²) in [6.07, 6.45) is 0.192. The summed E-state index contributed by atoms with van der Waals surface area (Å²) in [6, 6.07) is 24.8. The maximum atomic E-state index is 12.3. The minimum absolute atomic E-state index is 0.0603. The molecule has 0 spiro atoms. The fourth-order valence-electron chi connectivity index (χ4n) is 3.93. The zero-order valence-electron chi connectivity index (χ0n) is 19.8. The second kappa shape index (κ2) is 10.8. The molecule has 0 bridgehead atoms. The highest BCUT2D eigenvalue weighted by atomic mass is 16.6. The van der Waals surface area contributed by atoms with E-state index >= 15 is 0 Å². The number of carboxylic acid groups (broad SMARTS) is 1. The summed E-state index contributed by atoms with van der Waals surface area (Å²) >= 11 is 0. The zero-order chi connectivity index (χ0) is 25.5. The Kier molecular flexibility index (Phi) is 7.39. The van der Waals surface area contributed by atoms with Crippen LogP contribution in [0.25, 0.3) is 11.1 Å². The van der Waals surface area contributed by atoms with Crippen molar-refractivity contribution in [2.75, 3.05) is 0 Å². The first kappa shape index (κ1) is 24.6. The first-order valence-corrected chi connectivity index (χ1v) is 11.5. The zero-order valence-corrected chi connectivity index (χ0v) is 19.8. The van der Waals surface area contributed by atoms with E-state index in [9.17, 15) is 14.7 Å². The first-order valence-electron chi connectivity index (χ1n) is 11.5. The van der Waals surface area contributed by atoms with Crippen molar-refractivity contribution in [3.63, 3.8) is 0 Å². The van der Waals surface area contributed by atoms with Crippen LogP contribution >= 0.6 is 0 Å². The van der Waals surface area contributed by atoms with Gasteiger partial charge in [-0.2, -0.15) is 0 Å². The molecule has 9 nitrogen and oxygen atoms in total. The van der Waals surface area contributed by atoms with E-state index in [2.05, 4.69) is 20.6 Å². The van der Waals surface area contributed by atoms with E-state index in [1.165, 1.54) is 0 Å². The molecule has 3 aromatic carbocycles. The van der Waals surface area contributed by atoms with Crippen molar-refractivity contribution in [1.29, 1.82) is 0 Å². The van der Waals surface area contributed by atoms with Crippen LogP contribution in [0, 0.1) is 0 Å². The Labute approximate surface area is 208 Å². The van der Waals surface area contributed by atoms with Gasteiger partial charge in [0.15, 0.2) is 0 Å². The van der Waals surface area contributed by atoms with Gasteiger partial charge in [0.05, 0.1) is 12.0 Å². The monoisotopic (exact) mass is 485 g/mol. The summed E-state index contributed by atoms with van der Waals surface area (Å²) in [5.74, 6) is 4.34. The normalized spacial score (nSPS) is 15.3. The number of guanidine groups is 1. The lowest BCUT2D eigenvalue weighted by Gasteiger charge is -2.13. The van der Waals surface area contributed by atoms with Gasteiger partial charge in [0.25, 0.3) is 0 Å². The maximum absolute atomic E-state index is 12.3. The number of carbonyl (C=O) groups excluding carboxylic acids is 1. The van der Waals surface area contributed by atoms with Crippen LogP contribution in [0.15, 0.2) is 94.2 Å². The number of aliphatic carboxylic acids is 1. The predicted octanol–water partition coefficient (Wildman–Crippen LogP) is 5.14. The number of aliphatic imine (C=N–C) groups is 1. The summed E-state index contributed by atoms with van der Waals surface area (Å²) in [5.41, 5.74) is 3.86. The van der Waals surface area contributed by atoms with Crippen molar-refractivity contribution in [2.45, 2.75) is 37.8 Å². The highest BCUT2D eigenvalue weighted by Gasteiger charge is 2.51. The van der Waals surface area contributed by atoms with Crippen LogP contribution in [0.5, 0.6) is 0 Å². The molecule has 4 N–H and O–H groups in total. The Morgan fingerprint density at radius 3 is 2.17 bits per heavy atom. The molecule has 0 aromatic heterocycles. The third kappa shape index (κ3) is 5.75. The smallest absolute Gasteiger partial charge is 0.414 e. The third-order valence-electron chi connectivity index (χ3n) is 6.21. The predicted molar refractivity (Wildman–Crippen MR) is 135 cm³/mol. The first-order chi connectivity index (χ1) is 17.4. The number of hydrogen-bond acceptors (Lipinski definition) is 5. The van der Waals surface area contributed by atoms with Crippen molar-refractivity contribution in [1.82, 2.24) is 5.32 Å². The van der Waals surface area contributed by atoms with Gasteiger partial charge in [0.1, 0.15) is 6.10 Å². The number of carboxylic acids is 1. The van der Waals surface area contributed by atoms with E-state index in [0.29, 0.717) is 12.8 Å². The minimum Gasteiger partial charge on any atom is -0.481 e. The highest BCUT2D eigenvalue weighted by Crippen LogP contribution is 2.48. The molecule has 9 heteroatoms. The highest BCUT2D eigenvalue weighted by molar-refractivity contribution is 5.94. The van der Waals surface area contributed by atoms with Crippen molar-refractivity contribution in [3.05, 3.63) is 95.6 Å². The number of nitrogens with zero attached hydrogens (tertiary/aromatic N) is 3. The van der Waals surface area contributed by atoms with Crippen LogP contribution in [0.4, 0.5) is 4.79 Å². The van der Waals surface area contributed by atoms with E-state index < -0.39 is 23.6 Å². The molecular formula is C27H27N5O4.